The Balaban J connectivity index is 2.19. The lowest BCUT2D eigenvalue weighted by Gasteiger charge is -2.41. The number of carbonyl (C=O) groups is 2. The van der Waals surface area contributed by atoms with Crippen molar-refractivity contribution in [2.75, 3.05) is 41.1 Å². The van der Waals surface area contributed by atoms with E-state index in [9.17, 15) is 9.59 Å². The van der Waals surface area contributed by atoms with Gasteiger partial charge in [0.1, 0.15) is 0 Å². The molecule has 0 radical (unpaired) electrons. The SMILES string of the molecule is CCCCN(C)C(=O)[C@@H]1c2cc(OC)c(OC)cc2C(=O)N(C)[C@@H]1c1ccc(SC)cc1. The zero-order valence-electron chi connectivity index (χ0n) is 19.7. The molecule has 0 aliphatic carbocycles. The Hall–Kier alpha value is -2.67. The summed E-state index contributed by atoms with van der Waals surface area (Å²) in [6.07, 6.45) is 3.95. The van der Waals surface area contributed by atoms with Crippen LogP contribution in [0.1, 0.15) is 53.2 Å². The lowest BCUT2D eigenvalue weighted by molar-refractivity contribution is -0.133. The van der Waals surface area contributed by atoms with Gasteiger partial charge in [0.25, 0.3) is 5.91 Å². The van der Waals surface area contributed by atoms with Crippen molar-refractivity contribution in [1.29, 1.82) is 0 Å². The first-order valence-corrected chi connectivity index (χ1v) is 12.0. The minimum atomic E-state index is -0.547. The van der Waals surface area contributed by atoms with E-state index in [1.54, 1.807) is 55.0 Å². The fraction of sp³-hybridized carbons (Fsp3) is 0.440. The smallest absolute Gasteiger partial charge is 0.254 e. The van der Waals surface area contributed by atoms with Gasteiger partial charge in [0.15, 0.2) is 11.5 Å². The molecular formula is C25H32N2O4S. The number of methoxy groups -OCH3 is 2. The molecule has 2 aromatic carbocycles. The number of likely N-dealkylation sites (N-methyl/N-ethyl adjacent to an activating group) is 2. The van der Waals surface area contributed by atoms with Crippen molar-refractivity contribution >= 4 is 23.6 Å². The number of nitrogens with zero attached hydrogens (tertiary/aromatic N) is 2. The summed E-state index contributed by atoms with van der Waals surface area (Å²) >= 11 is 1.66. The predicted molar refractivity (Wildman–Crippen MR) is 128 cm³/mol. The number of hydrogen-bond acceptors (Lipinski definition) is 5. The second-order valence-electron chi connectivity index (χ2n) is 8.02. The van der Waals surface area contributed by atoms with Crippen LogP contribution >= 0.6 is 11.8 Å². The Morgan fingerprint density at radius 3 is 2.31 bits per heavy atom. The number of unbranched alkanes of at least 4 members (excludes halogenated alkanes) is 1. The molecule has 0 aromatic heterocycles. The van der Waals surface area contributed by atoms with Gasteiger partial charge in [0, 0.05) is 31.1 Å². The Morgan fingerprint density at radius 1 is 1.12 bits per heavy atom. The van der Waals surface area contributed by atoms with Crippen molar-refractivity contribution in [2.45, 2.75) is 36.6 Å². The molecule has 1 heterocycles. The summed E-state index contributed by atoms with van der Waals surface area (Å²) in [5.41, 5.74) is 2.09. The molecule has 172 valence electrons. The fourth-order valence-corrected chi connectivity index (χ4v) is 4.68. The summed E-state index contributed by atoms with van der Waals surface area (Å²) in [7, 11) is 6.70. The molecule has 0 unspecified atom stereocenters. The van der Waals surface area contributed by atoms with Gasteiger partial charge in [0.05, 0.1) is 26.2 Å². The Morgan fingerprint density at radius 2 is 1.75 bits per heavy atom. The molecule has 3 rings (SSSR count). The lowest BCUT2D eigenvalue weighted by atomic mass is 9.79. The molecule has 0 saturated heterocycles. The molecule has 0 saturated carbocycles. The summed E-state index contributed by atoms with van der Waals surface area (Å²) < 4.78 is 10.9. The second kappa shape index (κ2) is 10.3. The third kappa shape index (κ3) is 4.44. The summed E-state index contributed by atoms with van der Waals surface area (Å²) in [6, 6.07) is 11.2. The van der Waals surface area contributed by atoms with Gasteiger partial charge < -0.3 is 19.3 Å². The average Bonchev–Trinajstić information content (AvgIpc) is 2.83. The number of rotatable bonds is 8. The highest BCUT2D eigenvalue weighted by Gasteiger charge is 2.44. The summed E-state index contributed by atoms with van der Waals surface area (Å²) in [4.78, 5) is 31.8. The van der Waals surface area contributed by atoms with E-state index in [1.807, 2.05) is 37.6 Å². The highest BCUT2D eigenvalue weighted by molar-refractivity contribution is 7.98. The number of fused-ring (bicyclic) bond motifs is 1. The molecule has 2 aromatic rings. The maximum Gasteiger partial charge on any atom is 0.254 e. The van der Waals surface area contributed by atoms with Crippen molar-refractivity contribution in [2.24, 2.45) is 0 Å². The van der Waals surface area contributed by atoms with Crippen molar-refractivity contribution in [3.8, 4) is 11.5 Å². The Kier molecular flexibility index (Phi) is 7.72. The van der Waals surface area contributed by atoms with E-state index in [4.69, 9.17) is 9.47 Å². The standard InChI is InChI=1S/C25H32N2O4S/c1-7-8-13-26(2)25(29)22-18-14-20(30-4)21(31-5)15-19(18)24(28)27(3)23(22)16-9-11-17(32-6)12-10-16/h9-12,14-15,22-23H,7-8,13H2,1-6H3/t22-,23-/m1/s1. The highest BCUT2D eigenvalue weighted by Crippen LogP contribution is 2.46. The van der Waals surface area contributed by atoms with Gasteiger partial charge in [-0.2, -0.15) is 0 Å². The van der Waals surface area contributed by atoms with Crippen LogP contribution in [0.5, 0.6) is 11.5 Å². The third-order valence-electron chi connectivity index (χ3n) is 6.12. The Labute approximate surface area is 194 Å². The van der Waals surface area contributed by atoms with Crippen LogP contribution in [0.2, 0.25) is 0 Å². The van der Waals surface area contributed by atoms with Gasteiger partial charge in [-0.3, -0.25) is 9.59 Å². The van der Waals surface area contributed by atoms with E-state index in [0.29, 0.717) is 29.2 Å². The third-order valence-corrected chi connectivity index (χ3v) is 6.86. The quantitative estimate of drug-likeness (QED) is 0.544. The van der Waals surface area contributed by atoms with E-state index in [1.165, 1.54) is 0 Å². The number of thioether (sulfide) groups is 1. The minimum Gasteiger partial charge on any atom is -0.493 e. The van der Waals surface area contributed by atoms with E-state index in [2.05, 4.69) is 6.92 Å². The predicted octanol–water partition coefficient (Wildman–Crippen LogP) is 4.59. The van der Waals surface area contributed by atoms with E-state index < -0.39 is 12.0 Å². The molecule has 2 atom stereocenters. The van der Waals surface area contributed by atoms with Crippen LogP contribution in [0, 0.1) is 0 Å². The summed E-state index contributed by atoms with van der Waals surface area (Å²) in [5.74, 6) is 0.287. The molecule has 1 aliphatic rings. The number of amides is 2. The van der Waals surface area contributed by atoms with Crippen molar-refractivity contribution in [1.82, 2.24) is 9.80 Å². The average molecular weight is 457 g/mol. The van der Waals surface area contributed by atoms with Gasteiger partial charge >= 0.3 is 0 Å². The van der Waals surface area contributed by atoms with Crippen molar-refractivity contribution in [3.05, 3.63) is 53.1 Å². The van der Waals surface area contributed by atoms with Crippen molar-refractivity contribution in [3.63, 3.8) is 0 Å². The molecule has 32 heavy (non-hydrogen) atoms. The molecular weight excluding hydrogens is 424 g/mol. The number of carbonyl (C=O) groups excluding carboxylic acids is 2. The monoisotopic (exact) mass is 456 g/mol. The van der Waals surface area contributed by atoms with Gasteiger partial charge in [-0.05, 0) is 48.1 Å². The molecule has 0 bridgehead atoms. The van der Waals surface area contributed by atoms with E-state index >= 15 is 0 Å². The van der Waals surface area contributed by atoms with Crippen LogP contribution in [0.4, 0.5) is 0 Å². The molecule has 1 aliphatic heterocycles. The topological polar surface area (TPSA) is 59.1 Å². The number of benzene rings is 2. The minimum absolute atomic E-state index is 0.00906. The normalized spacial score (nSPS) is 17.7. The van der Waals surface area contributed by atoms with Crippen LogP contribution in [-0.2, 0) is 4.79 Å². The number of ether oxygens (including phenoxy) is 2. The van der Waals surface area contributed by atoms with Crippen LogP contribution in [-0.4, -0.2) is 62.7 Å². The van der Waals surface area contributed by atoms with Gasteiger partial charge in [-0.15, -0.1) is 11.8 Å². The number of hydrogen-bond donors (Lipinski definition) is 0. The fourth-order valence-electron chi connectivity index (χ4n) is 4.28. The van der Waals surface area contributed by atoms with Crippen LogP contribution < -0.4 is 9.47 Å². The van der Waals surface area contributed by atoms with Crippen LogP contribution in [0.15, 0.2) is 41.3 Å². The second-order valence-corrected chi connectivity index (χ2v) is 8.90. The van der Waals surface area contributed by atoms with Crippen LogP contribution in [0.3, 0.4) is 0 Å². The van der Waals surface area contributed by atoms with E-state index in [0.717, 1.165) is 23.3 Å². The first-order valence-electron chi connectivity index (χ1n) is 10.8. The zero-order chi connectivity index (χ0) is 23.4. The highest BCUT2D eigenvalue weighted by atomic mass is 32.2. The summed E-state index contributed by atoms with van der Waals surface area (Å²) in [6.45, 7) is 2.78. The lowest BCUT2D eigenvalue weighted by Crippen LogP contribution is -2.46. The molecule has 0 N–H and O–H groups in total. The Bertz CT molecular complexity index is 977. The first kappa shape index (κ1) is 24.0. The molecule has 0 fully saturated rings. The molecule has 7 heteroatoms. The molecule has 2 amide bonds. The van der Waals surface area contributed by atoms with Crippen LogP contribution in [0.25, 0.3) is 0 Å². The maximum absolute atomic E-state index is 13.8. The molecule has 6 nitrogen and oxygen atoms in total. The first-order chi connectivity index (χ1) is 15.4. The van der Waals surface area contributed by atoms with Gasteiger partial charge in [-0.25, -0.2) is 0 Å². The zero-order valence-corrected chi connectivity index (χ0v) is 20.5. The van der Waals surface area contributed by atoms with Gasteiger partial charge in [-0.1, -0.05) is 25.5 Å². The van der Waals surface area contributed by atoms with E-state index in [-0.39, 0.29) is 11.8 Å². The summed E-state index contributed by atoms with van der Waals surface area (Å²) in [5, 5.41) is 0. The largest absolute Gasteiger partial charge is 0.493 e. The molecule has 0 spiro atoms. The van der Waals surface area contributed by atoms with Gasteiger partial charge in [0.2, 0.25) is 5.91 Å². The van der Waals surface area contributed by atoms with Crippen molar-refractivity contribution < 1.29 is 19.1 Å². The maximum atomic E-state index is 13.8.